The first-order valence-corrected chi connectivity index (χ1v) is 8.35. The maximum atomic E-state index is 12.3. The molecular weight excluding hydrogens is 268 g/mol. The van der Waals surface area contributed by atoms with Crippen molar-refractivity contribution >= 4 is 15.9 Å². The minimum atomic E-state index is -3.14. The van der Waals surface area contributed by atoms with E-state index in [0.29, 0.717) is 32.8 Å². The standard InChI is InChI=1S/C12H20N2O4S/c1-9(15)13-6-10-7-14(4-5-18-12(10)8-13)19(16,17)11-2-3-11/h10-12H,2-8H2,1H3/t10-,12-/m0/s1. The Balaban J connectivity index is 1.73. The average Bonchev–Trinajstić information content (AvgIpc) is 3.14. The van der Waals surface area contributed by atoms with Crippen LogP contribution in [-0.2, 0) is 19.6 Å². The summed E-state index contributed by atoms with van der Waals surface area (Å²) in [5.74, 6) is 0.146. The van der Waals surface area contributed by atoms with Gasteiger partial charge in [-0.3, -0.25) is 4.79 Å². The predicted octanol–water partition coefficient (Wildman–Crippen LogP) is -0.342. The fourth-order valence-electron chi connectivity index (χ4n) is 2.93. The summed E-state index contributed by atoms with van der Waals surface area (Å²) >= 11 is 0. The summed E-state index contributed by atoms with van der Waals surface area (Å²) < 4.78 is 31.9. The van der Waals surface area contributed by atoms with Gasteiger partial charge < -0.3 is 9.64 Å². The van der Waals surface area contributed by atoms with Crippen LogP contribution in [0.4, 0.5) is 0 Å². The highest BCUT2D eigenvalue weighted by Gasteiger charge is 2.44. The summed E-state index contributed by atoms with van der Waals surface area (Å²) in [7, 11) is -3.14. The Morgan fingerprint density at radius 1 is 1.21 bits per heavy atom. The van der Waals surface area contributed by atoms with E-state index in [1.54, 1.807) is 16.1 Å². The van der Waals surface area contributed by atoms with Gasteiger partial charge in [0.2, 0.25) is 15.9 Å². The van der Waals surface area contributed by atoms with Gasteiger partial charge in [0.25, 0.3) is 0 Å². The van der Waals surface area contributed by atoms with Crippen molar-refractivity contribution in [3.05, 3.63) is 0 Å². The van der Waals surface area contributed by atoms with Crippen molar-refractivity contribution in [1.29, 1.82) is 0 Å². The number of rotatable bonds is 2. The first-order valence-electron chi connectivity index (χ1n) is 6.84. The Bertz CT molecular complexity index is 474. The van der Waals surface area contributed by atoms with Gasteiger partial charge in [-0.2, -0.15) is 4.31 Å². The minimum Gasteiger partial charge on any atom is -0.375 e. The zero-order valence-corrected chi connectivity index (χ0v) is 11.9. The van der Waals surface area contributed by atoms with Crippen LogP contribution in [0.15, 0.2) is 0 Å². The van der Waals surface area contributed by atoms with Gasteiger partial charge in [-0.25, -0.2) is 8.42 Å². The lowest BCUT2D eigenvalue weighted by Gasteiger charge is -2.22. The second kappa shape index (κ2) is 4.71. The largest absolute Gasteiger partial charge is 0.375 e. The zero-order valence-electron chi connectivity index (χ0n) is 11.1. The third-order valence-electron chi connectivity index (χ3n) is 4.24. The van der Waals surface area contributed by atoms with E-state index in [-0.39, 0.29) is 23.2 Å². The molecule has 2 atom stereocenters. The summed E-state index contributed by atoms with van der Waals surface area (Å²) in [6.07, 6.45) is 1.56. The van der Waals surface area contributed by atoms with Gasteiger partial charge in [0, 0.05) is 39.0 Å². The number of sulfonamides is 1. The van der Waals surface area contributed by atoms with E-state index in [2.05, 4.69) is 0 Å². The summed E-state index contributed by atoms with van der Waals surface area (Å²) in [6, 6.07) is 0. The Hall–Kier alpha value is -0.660. The van der Waals surface area contributed by atoms with Crippen LogP contribution in [0, 0.1) is 5.92 Å². The third kappa shape index (κ3) is 2.51. The number of carbonyl (C=O) groups excluding carboxylic acids is 1. The number of nitrogens with zero attached hydrogens (tertiary/aromatic N) is 2. The van der Waals surface area contributed by atoms with Crippen LogP contribution in [0.2, 0.25) is 0 Å². The van der Waals surface area contributed by atoms with Gasteiger partial charge in [0.1, 0.15) is 0 Å². The molecule has 3 aliphatic rings. The van der Waals surface area contributed by atoms with Gasteiger partial charge >= 0.3 is 0 Å². The highest BCUT2D eigenvalue weighted by atomic mass is 32.2. The number of hydrogen-bond acceptors (Lipinski definition) is 4. The minimum absolute atomic E-state index is 0.0108. The van der Waals surface area contributed by atoms with Gasteiger partial charge in [-0.15, -0.1) is 0 Å². The molecule has 1 saturated carbocycles. The summed E-state index contributed by atoms with van der Waals surface area (Å²) in [6.45, 7) is 4.12. The van der Waals surface area contributed by atoms with Crippen molar-refractivity contribution in [3.8, 4) is 0 Å². The Morgan fingerprint density at radius 3 is 2.58 bits per heavy atom. The fourth-order valence-corrected chi connectivity index (χ4v) is 4.81. The monoisotopic (exact) mass is 288 g/mol. The summed E-state index contributed by atoms with van der Waals surface area (Å²) in [4.78, 5) is 13.2. The molecular formula is C12H20N2O4S. The molecule has 3 rings (SSSR count). The van der Waals surface area contributed by atoms with E-state index in [4.69, 9.17) is 4.74 Å². The van der Waals surface area contributed by atoms with Crippen LogP contribution in [0.5, 0.6) is 0 Å². The molecule has 0 aromatic heterocycles. The molecule has 1 aliphatic carbocycles. The molecule has 7 heteroatoms. The molecule has 2 aliphatic heterocycles. The molecule has 0 radical (unpaired) electrons. The van der Waals surface area contributed by atoms with E-state index in [1.165, 1.54) is 0 Å². The molecule has 0 bridgehead atoms. The van der Waals surface area contributed by atoms with Crippen molar-refractivity contribution in [1.82, 2.24) is 9.21 Å². The summed E-state index contributed by atoms with van der Waals surface area (Å²) in [5.41, 5.74) is 0. The molecule has 2 saturated heterocycles. The van der Waals surface area contributed by atoms with E-state index in [9.17, 15) is 13.2 Å². The van der Waals surface area contributed by atoms with Gasteiger partial charge in [-0.1, -0.05) is 0 Å². The molecule has 3 fully saturated rings. The highest BCUT2D eigenvalue weighted by Crippen LogP contribution is 2.33. The van der Waals surface area contributed by atoms with E-state index in [0.717, 1.165) is 12.8 Å². The lowest BCUT2D eigenvalue weighted by Crippen LogP contribution is -2.39. The Labute approximate surface area is 113 Å². The predicted molar refractivity (Wildman–Crippen MR) is 69.0 cm³/mol. The number of amides is 1. The summed E-state index contributed by atoms with van der Waals surface area (Å²) in [5, 5.41) is -0.172. The lowest BCUT2D eigenvalue weighted by molar-refractivity contribution is -0.128. The number of carbonyl (C=O) groups is 1. The molecule has 1 amide bonds. The third-order valence-corrected chi connectivity index (χ3v) is 6.61. The maximum absolute atomic E-state index is 12.3. The van der Waals surface area contributed by atoms with Gasteiger partial charge in [0.05, 0.1) is 18.0 Å². The molecule has 0 aromatic rings. The van der Waals surface area contributed by atoms with Crippen LogP contribution >= 0.6 is 0 Å². The van der Waals surface area contributed by atoms with Crippen molar-refractivity contribution in [2.75, 3.05) is 32.8 Å². The van der Waals surface area contributed by atoms with Gasteiger partial charge in [-0.05, 0) is 12.8 Å². The van der Waals surface area contributed by atoms with Crippen LogP contribution in [-0.4, -0.2) is 67.7 Å². The van der Waals surface area contributed by atoms with Crippen LogP contribution in [0.1, 0.15) is 19.8 Å². The number of fused-ring (bicyclic) bond motifs is 1. The molecule has 19 heavy (non-hydrogen) atoms. The van der Waals surface area contributed by atoms with E-state index >= 15 is 0 Å². The van der Waals surface area contributed by atoms with E-state index < -0.39 is 10.0 Å². The number of likely N-dealkylation sites (tertiary alicyclic amines) is 1. The smallest absolute Gasteiger partial charge is 0.219 e. The van der Waals surface area contributed by atoms with Crippen molar-refractivity contribution in [2.45, 2.75) is 31.1 Å². The normalized spacial score (nSPS) is 33.0. The number of hydrogen-bond donors (Lipinski definition) is 0. The SMILES string of the molecule is CC(=O)N1C[C@H]2CN(S(=O)(=O)C3CC3)CCO[C@H]2C1. The average molecular weight is 288 g/mol. The molecule has 0 aromatic carbocycles. The fraction of sp³-hybridized carbons (Fsp3) is 0.917. The molecule has 2 heterocycles. The van der Waals surface area contributed by atoms with Crippen molar-refractivity contribution < 1.29 is 17.9 Å². The lowest BCUT2D eigenvalue weighted by atomic mass is 10.1. The molecule has 0 N–H and O–H groups in total. The Kier molecular flexibility index (Phi) is 3.31. The number of ether oxygens (including phenoxy) is 1. The van der Waals surface area contributed by atoms with Crippen molar-refractivity contribution in [2.24, 2.45) is 5.92 Å². The van der Waals surface area contributed by atoms with Crippen LogP contribution < -0.4 is 0 Å². The van der Waals surface area contributed by atoms with Crippen molar-refractivity contribution in [3.63, 3.8) is 0 Å². The molecule has 108 valence electrons. The first kappa shape index (κ1) is 13.3. The molecule has 0 unspecified atom stereocenters. The second-order valence-electron chi connectivity index (χ2n) is 5.70. The van der Waals surface area contributed by atoms with E-state index in [1.807, 2.05) is 0 Å². The van der Waals surface area contributed by atoms with Gasteiger partial charge in [0.15, 0.2) is 0 Å². The van der Waals surface area contributed by atoms with Crippen LogP contribution in [0.3, 0.4) is 0 Å². The van der Waals surface area contributed by atoms with Crippen LogP contribution in [0.25, 0.3) is 0 Å². The second-order valence-corrected chi connectivity index (χ2v) is 7.91. The maximum Gasteiger partial charge on any atom is 0.219 e. The zero-order chi connectivity index (χ0) is 13.6. The first-order chi connectivity index (χ1) is 8.98. The molecule has 6 nitrogen and oxygen atoms in total. The topological polar surface area (TPSA) is 66.9 Å². The highest BCUT2D eigenvalue weighted by molar-refractivity contribution is 7.90. The quantitative estimate of drug-likeness (QED) is 0.697. The molecule has 0 spiro atoms. The Morgan fingerprint density at radius 2 is 1.95 bits per heavy atom.